The fourth-order valence-electron chi connectivity index (χ4n) is 4.14. The third-order valence-electron chi connectivity index (χ3n) is 5.28. The molecule has 2 aromatic rings. The molecule has 0 spiro atoms. The Balaban J connectivity index is 1.62. The van der Waals surface area contributed by atoms with E-state index in [1.807, 2.05) is 13.2 Å². The molecule has 1 N–H and O–H groups in total. The van der Waals surface area contributed by atoms with E-state index in [4.69, 9.17) is 0 Å². The van der Waals surface area contributed by atoms with Gasteiger partial charge in [-0.2, -0.15) is 5.10 Å². The van der Waals surface area contributed by atoms with E-state index in [0.29, 0.717) is 18.0 Å². The molecular formula is C17H20N4O3S. The van der Waals surface area contributed by atoms with Crippen LogP contribution in [0.15, 0.2) is 17.8 Å². The Bertz CT molecular complexity index is 814. The molecule has 0 unspecified atom stereocenters. The van der Waals surface area contributed by atoms with Gasteiger partial charge >= 0.3 is 5.97 Å². The van der Waals surface area contributed by atoms with E-state index < -0.39 is 12.0 Å². The average molecular weight is 360 g/mol. The number of carboxylic acids is 1. The molecule has 1 amide bonds. The normalized spacial score (nSPS) is 25.8. The number of rotatable bonds is 3. The van der Waals surface area contributed by atoms with Crippen LogP contribution in [0.1, 0.15) is 42.6 Å². The summed E-state index contributed by atoms with van der Waals surface area (Å²) in [7, 11) is 1.83. The lowest BCUT2D eigenvalue weighted by Gasteiger charge is -2.32. The Morgan fingerprint density at radius 2 is 2.12 bits per heavy atom. The summed E-state index contributed by atoms with van der Waals surface area (Å²) in [6.07, 6.45) is 8.19. The van der Waals surface area contributed by atoms with Crippen LogP contribution < -0.4 is 0 Å². The van der Waals surface area contributed by atoms with E-state index in [0.717, 1.165) is 36.3 Å². The zero-order chi connectivity index (χ0) is 17.6. The first-order valence-corrected chi connectivity index (χ1v) is 9.42. The van der Waals surface area contributed by atoms with Crippen LogP contribution in [0.4, 0.5) is 0 Å². The highest BCUT2D eigenvalue weighted by atomic mass is 32.1. The lowest BCUT2D eigenvalue weighted by molar-refractivity contribution is -0.141. The van der Waals surface area contributed by atoms with Gasteiger partial charge in [0.15, 0.2) is 0 Å². The monoisotopic (exact) mass is 360 g/mol. The Labute approximate surface area is 149 Å². The number of carbonyl (C=O) groups is 2. The first-order chi connectivity index (χ1) is 12.0. The number of nitrogens with zero attached hydrogens (tertiary/aromatic N) is 4. The van der Waals surface area contributed by atoms with Gasteiger partial charge in [0.05, 0.1) is 6.20 Å². The fraction of sp³-hybridized carbons (Fsp3) is 0.529. The van der Waals surface area contributed by atoms with Crippen molar-refractivity contribution in [3.63, 3.8) is 0 Å². The number of fused-ring (bicyclic) bond motifs is 1. The molecule has 1 saturated carbocycles. The van der Waals surface area contributed by atoms with E-state index in [1.165, 1.54) is 11.3 Å². The molecule has 3 atom stereocenters. The molecule has 0 aromatic carbocycles. The van der Waals surface area contributed by atoms with E-state index in [2.05, 4.69) is 10.1 Å². The van der Waals surface area contributed by atoms with Crippen LogP contribution in [0.2, 0.25) is 0 Å². The van der Waals surface area contributed by atoms with Crippen molar-refractivity contribution in [2.45, 2.75) is 44.2 Å². The summed E-state index contributed by atoms with van der Waals surface area (Å²) in [5.74, 6) is -0.867. The van der Waals surface area contributed by atoms with Gasteiger partial charge in [-0.15, -0.1) is 11.3 Å². The second-order valence-electron chi connectivity index (χ2n) is 6.85. The molecule has 1 aliphatic heterocycles. The van der Waals surface area contributed by atoms with Crippen LogP contribution in [-0.2, 0) is 11.8 Å². The molecule has 2 fully saturated rings. The number of hydrogen-bond acceptors (Lipinski definition) is 5. The van der Waals surface area contributed by atoms with Gasteiger partial charge in [0.2, 0.25) is 0 Å². The maximum Gasteiger partial charge on any atom is 0.326 e. The number of aliphatic carboxylic acids is 1. The fourth-order valence-corrected chi connectivity index (χ4v) is 4.91. The number of likely N-dealkylation sites (tertiary alicyclic amines) is 1. The quantitative estimate of drug-likeness (QED) is 0.908. The van der Waals surface area contributed by atoms with E-state index in [-0.39, 0.29) is 11.9 Å². The second-order valence-corrected chi connectivity index (χ2v) is 7.71. The minimum Gasteiger partial charge on any atom is -0.480 e. The summed E-state index contributed by atoms with van der Waals surface area (Å²) >= 11 is 1.38. The molecule has 4 rings (SSSR count). The van der Waals surface area contributed by atoms with Gasteiger partial charge < -0.3 is 10.0 Å². The van der Waals surface area contributed by atoms with Crippen molar-refractivity contribution in [2.24, 2.45) is 13.0 Å². The summed E-state index contributed by atoms with van der Waals surface area (Å²) in [6, 6.07) is -0.699. The third kappa shape index (κ3) is 2.84. The number of carbonyl (C=O) groups excluding carboxylic acids is 1. The highest BCUT2D eigenvalue weighted by Crippen LogP contribution is 2.40. The topological polar surface area (TPSA) is 88.3 Å². The van der Waals surface area contributed by atoms with Crippen molar-refractivity contribution >= 4 is 23.2 Å². The SMILES string of the molecule is Cn1cc(-c2nc(C(=O)N3[C@H](C(=O)O)C[C@H]4CCCC[C@@H]43)cs2)cn1. The van der Waals surface area contributed by atoms with Crippen molar-refractivity contribution in [3.05, 3.63) is 23.5 Å². The Kier molecular flexibility index (Phi) is 4.07. The van der Waals surface area contributed by atoms with Crippen LogP contribution >= 0.6 is 11.3 Å². The zero-order valence-electron chi connectivity index (χ0n) is 14.0. The van der Waals surface area contributed by atoms with Gasteiger partial charge in [-0.25, -0.2) is 9.78 Å². The number of aryl methyl sites for hydroxylation is 1. The van der Waals surface area contributed by atoms with Crippen molar-refractivity contribution in [1.29, 1.82) is 0 Å². The molecular weight excluding hydrogens is 340 g/mol. The van der Waals surface area contributed by atoms with Crippen LogP contribution in [0.5, 0.6) is 0 Å². The zero-order valence-corrected chi connectivity index (χ0v) is 14.8. The molecule has 8 heteroatoms. The molecule has 1 aliphatic carbocycles. The second kappa shape index (κ2) is 6.25. The maximum atomic E-state index is 13.1. The summed E-state index contributed by atoms with van der Waals surface area (Å²) in [5.41, 5.74) is 1.19. The van der Waals surface area contributed by atoms with Gasteiger partial charge in [0.1, 0.15) is 16.7 Å². The largest absolute Gasteiger partial charge is 0.480 e. The van der Waals surface area contributed by atoms with Gasteiger partial charge in [-0.1, -0.05) is 12.8 Å². The molecule has 0 radical (unpaired) electrons. The van der Waals surface area contributed by atoms with Crippen LogP contribution in [0.3, 0.4) is 0 Å². The lowest BCUT2D eigenvalue weighted by atomic mass is 9.84. The van der Waals surface area contributed by atoms with Crippen LogP contribution in [0.25, 0.3) is 10.6 Å². The highest BCUT2D eigenvalue weighted by molar-refractivity contribution is 7.13. The lowest BCUT2D eigenvalue weighted by Crippen LogP contribution is -2.46. The van der Waals surface area contributed by atoms with Crippen molar-refractivity contribution < 1.29 is 14.7 Å². The smallest absolute Gasteiger partial charge is 0.326 e. The Hall–Kier alpha value is -2.22. The Morgan fingerprint density at radius 1 is 1.32 bits per heavy atom. The van der Waals surface area contributed by atoms with Crippen LogP contribution in [-0.4, -0.2) is 48.7 Å². The minimum absolute atomic E-state index is 0.0332. The van der Waals surface area contributed by atoms with Crippen molar-refractivity contribution in [2.75, 3.05) is 0 Å². The molecule has 3 heterocycles. The molecule has 2 aromatic heterocycles. The van der Waals surface area contributed by atoms with Crippen molar-refractivity contribution in [1.82, 2.24) is 19.7 Å². The predicted molar refractivity (Wildman–Crippen MR) is 92.3 cm³/mol. The standard InChI is InChI=1S/C17H20N4O3S/c1-20-8-11(7-18-20)15-19-12(9-25-15)16(22)21-13-5-3-2-4-10(13)6-14(21)17(23)24/h7-10,13-14H,2-6H2,1H3,(H,23,24)/t10-,13+,14+/m1/s1. The summed E-state index contributed by atoms with van der Waals surface area (Å²) in [4.78, 5) is 30.8. The van der Waals surface area contributed by atoms with Gasteiger partial charge in [0, 0.05) is 30.2 Å². The number of carboxylic acid groups (broad SMARTS) is 1. The summed E-state index contributed by atoms with van der Waals surface area (Å²) in [5, 5.41) is 16.2. The molecule has 132 valence electrons. The van der Waals surface area contributed by atoms with Gasteiger partial charge in [0.25, 0.3) is 5.91 Å². The number of aromatic nitrogens is 3. The Morgan fingerprint density at radius 3 is 2.84 bits per heavy atom. The van der Waals surface area contributed by atoms with E-state index in [9.17, 15) is 14.7 Å². The maximum absolute atomic E-state index is 13.1. The molecule has 2 aliphatic rings. The van der Waals surface area contributed by atoms with Gasteiger partial charge in [-0.3, -0.25) is 9.48 Å². The molecule has 1 saturated heterocycles. The van der Waals surface area contributed by atoms with E-state index >= 15 is 0 Å². The molecule has 0 bridgehead atoms. The number of thiazole rings is 1. The third-order valence-corrected chi connectivity index (χ3v) is 6.17. The summed E-state index contributed by atoms with van der Waals surface area (Å²) < 4.78 is 1.69. The molecule has 25 heavy (non-hydrogen) atoms. The predicted octanol–water partition coefficient (Wildman–Crippen LogP) is 2.40. The summed E-state index contributed by atoms with van der Waals surface area (Å²) in [6.45, 7) is 0. The first kappa shape index (κ1) is 16.3. The number of hydrogen-bond donors (Lipinski definition) is 1. The average Bonchev–Trinajstić information content (AvgIpc) is 3.31. The van der Waals surface area contributed by atoms with Crippen LogP contribution in [0, 0.1) is 5.92 Å². The number of amides is 1. The first-order valence-electron chi connectivity index (χ1n) is 8.54. The highest BCUT2D eigenvalue weighted by Gasteiger charge is 2.48. The molecule has 7 nitrogen and oxygen atoms in total. The minimum atomic E-state index is -0.912. The van der Waals surface area contributed by atoms with Crippen molar-refractivity contribution in [3.8, 4) is 10.6 Å². The van der Waals surface area contributed by atoms with Gasteiger partial charge in [-0.05, 0) is 25.2 Å². The van der Waals surface area contributed by atoms with E-state index in [1.54, 1.807) is 21.2 Å².